The van der Waals surface area contributed by atoms with Crippen LogP contribution in [0.5, 0.6) is 5.75 Å². The normalized spacial score (nSPS) is 18.5. The smallest absolute Gasteiger partial charge is 0.119 e. The molecular formula is C15H21N3O. The topological polar surface area (TPSA) is 40.8 Å². The summed E-state index contributed by atoms with van der Waals surface area (Å²) in [5, 5.41) is 9.50. The van der Waals surface area contributed by atoms with Gasteiger partial charge in [-0.2, -0.15) is 0 Å². The number of imidazole rings is 1. The molecule has 4 heteroatoms. The fourth-order valence-corrected chi connectivity index (χ4v) is 2.98. The van der Waals surface area contributed by atoms with Gasteiger partial charge >= 0.3 is 0 Å². The van der Waals surface area contributed by atoms with Crippen molar-refractivity contribution in [2.75, 3.05) is 13.1 Å². The van der Waals surface area contributed by atoms with Crippen LogP contribution >= 0.6 is 0 Å². The quantitative estimate of drug-likeness (QED) is 0.901. The Labute approximate surface area is 113 Å². The second-order valence-corrected chi connectivity index (χ2v) is 5.70. The maximum absolute atomic E-state index is 9.50. The van der Waals surface area contributed by atoms with Gasteiger partial charge in [-0.15, -0.1) is 0 Å². The van der Waals surface area contributed by atoms with Crippen molar-refractivity contribution >= 4 is 5.52 Å². The third kappa shape index (κ3) is 2.32. The maximum Gasteiger partial charge on any atom is 0.119 e. The Morgan fingerprint density at radius 3 is 2.74 bits per heavy atom. The molecule has 0 aliphatic carbocycles. The molecule has 0 bridgehead atoms. The number of rotatable bonds is 2. The summed E-state index contributed by atoms with van der Waals surface area (Å²) in [4.78, 5) is 7.09. The number of likely N-dealkylation sites (tertiary alicyclic amines) is 1. The molecule has 0 atom stereocenters. The van der Waals surface area contributed by atoms with Crippen molar-refractivity contribution in [2.24, 2.45) is 0 Å². The Hall–Kier alpha value is -1.55. The van der Waals surface area contributed by atoms with Crippen LogP contribution < -0.4 is 0 Å². The molecule has 1 fully saturated rings. The first-order chi connectivity index (χ1) is 9.15. The summed E-state index contributed by atoms with van der Waals surface area (Å²) >= 11 is 0. The Bertz CT molecular complexity index is 568. The van der Waals surface area contributed by atoms with Gasteiger partial charge in [-0.1, -0.05) is 0 Å². The van der Waals surface area contributed by atoms with Crippen molar-refractivity contribution in [1.82, 2.24) is 14.3 Å². The van der Waals surface area contributed by atoms with Crippen molar-refractivity contribution < 1.29 is 5.11 Å². The van der Waals surface area contributed by atoms with Crippen LogP contribution in [0.25, 0.3) is 5.52 Å². The molecule has 2 aromatic rings. The minimum atomic E-state index is 0.300. The van der Waals surface area contributed by atoms with Gasteiger partial charge in [0, 0.05) is 24.2 Å². The van der Waals surface area contributed by atoms with E-state index in [0.29, 0.717) is 17.7 Å². The molecule has 0 aromatic carbocycles. The fraction of sp³-hybridized carbons (Fsp3) is 0.533. The number of piperidine rings is 1. The Morgan fingerprint density at radius 2 is 2.05 bits per heavy atom. The van der Waals surface area contributed by atoms with E-state index in [0.717, 1.165) is 37.3 Å². The van der Waals surface area contributed by atoms with E-state index in [9.17, 15) is 5.11 Å². The Morgan fingerprint density at radius 1 is 1.32 bits per heavy atom. The average molecular weight is 259 g/mol. The van der Waals surface area contributed by atoms with Crippen molar-refractivity contribution in [3.05, 3.63) is 30.4 Å². The molecule has 0 unspecified atom stereocenters. The molecule has 0 radical (unpaired) electrons. The number of pyridine rings is 1. The Balaban J connectivity index is 1.82. The second kappa shape index (κ2) is 4.85. The summed E-state index contributed by atoms with van der Waals surface area (Å²) in [6.45, 7) is 6.81. The highest BCUT2D eigenvalue weighted by Crippen LogP contribution is 2.29. The molecule has 2 aromatic heterocycles. The van der Waals surface area contributed by atoms with Crippen LogP contribution in [0.2, 0.25) is 0 Å². The fourth-order valence-electron chi connectivity index (χ4n) is 2.98. The molecule has 1 N–H and O–H groups in total. The van der Waals surface area contributed by atoms with Gasteiger partial charge in [0.25, 0.3) is 0 Å². The second-order valence-electron chi connectivity index (χ2n) is 5.70. The molecule has 3 rings (SSSR count). The lowest BCUT2D eigenvalue weighted by molar-refractivity contribution is 0.169. The summed E-state index contributed by atoms with van der Waals surface area (Å²) in [6, 6.07) is 4.12. The third-order valence-electron chi connectivity index (χ3n) is 4.17. The number of nitrogens with zero attached hydrogens (tertiary/aromatic N) is 3. The third-order valence-corrected chi connectivity index (χ3v) is 4.17. The number of hydrogen-bond donors (Lipinski definition) is 1. The molecule has 102 valence electrons. The van der Waals surface area contributed by atoms with Crippen LogP contribution in [0.3, 0.4) is 0 Å². The van der Waals surface area contributed by atoms with E-state index in [1.807, 2.05) is 12.4 Å². The van der Waals surface area contributed by atoms with Crippen LogP contribution in [0.1, 0.15) is 38.4 Å². The number of aromatic hydroxyl groups is 1. The van der Waals surface area contributed by atoms with E-state index in [-0.39, 0.29) is 0 Å². The SMILES string of the molecule is CC(C)N1CCC(c2ncc3cc(O)ccn23)CC1. The molecule has 0 saturated carbocycles. The van der Waals surface area contributed by atoms with Crippen LogP contribution in [0, 0.1) is 0 Å². The van der Waals surface area contributed by atoms with Crippen LogP contribution in [0.4, 0.5) is 0 Å². The minimum absolute atomic E-state index is 0.300. The van der Waals surface area contributed by atoms with Gasteiger partial charge in [0.05, 0.1) is 11.7 Å². The van der Waals surface area contributed by atoms with Crippen molar-refractivity contribution in [3.63, 3.8) is 0 Å². The van der Waals surface area contributed by atoms with E-state index in [1.165, 1.54) is 0 Å². The van der Waals surface area contributed by atoms with Gasteiger partial charge < -0.3 is 14.4 Å². The summed E-state index contributed by atoms with van der Waals surface area (Å²) in [5.74, 6) is 1.97. The zero-order chi connectivity index (χ0) is 13.4. The monoisotopic (exact) mass is 259 g/mol. The van der Waals surface area contributed by atoms with E-state index >= 15 is 0 Å². The summed E-state index contributed by atoms with van der Waals surface area (Å²) < 4.78 is 2.11. The zero-order valence-corrected chi connectivity index (χ0v) is 11.6. The van der Waals surface area contributed by atoms with E-state index < -0.39 is 0 Å². The first-order valence-corrected chi connectivity index (χ1v) is 7.05. The van der Waals surface area contributed by atoms with Gasteiger partial charge in [-0.3, -0.25) is 0 Å². The molecule has 0 spiro atoms. The largest absolute Gasteiger partial charge is 0.508 e. The molecule has 4 nitrogen and oxygen atoms in total. The predicted octanol–water partition coefficient (Wildman–Crippen LogP) is 2.63. The summed E-state index contributed by atoms with van der Waals surface area (Å²) in [6.07, 6.45) is 6.10. The van der Waals surface area contributed by atoms with Gasteiger partial charge in [-0.05, 0) is 45.8 Å². The average Bonchev–Trinajstić information content (AvgIpc) is 2.81. The molecule has 0 amide bonds. The summed E-state index contributed by atoms with van der Waals surface area (Å²) in [5.41, 5.74) is 0.973. The summed E-state index contributed by atoms with van der Waals surface area (Å²) in [7, 11) is 0. The minimum Gasteiger partial charge on any atom is -0.508 e. The highest BCUT2D eigenvalue weighted by Gasteiger charge is 2.24. The Kier molecular flexibility index (Phi) is 3.19. The van der Waals surface area contributed by atoms with Gasteiger partial charge in [0.15, 0.2) is 0 Å². The molecular weight excluding hydrogens is 238 g/mol. The standard InChI is InChI=1S/C15H21N3O/c1-11(2)17-6-3-12(4-7-17)15-16-10-13-9-14(19)5-8-18(13)15/h5,8-12,19H,3-4,6-7H2,1-2H3. The molecule has 1 aliphatic heterocycles. The van der Waals surface area contributed by atoms with E-state index in [1.54, 1.807) is 12.1 Å². The first-order valence-electron chi connectivity index (χ1n) is 7.05. The first kappa shape index (κ1) is 12.5. The number of fused-ring (bicyclic) bond motifs is 1. The van der Waals surface area contributed by atoms with Crippen molar-refractivity contribution in [2.45, 2.75) is 38.6 Å². The number of aromatic nitrogens is 2. The van der Waals surface area contributed by atoms with E-state index in [2.05, 4.69) is 28.1 Å². The van der Waals surface area contributed by atoms with Gasteiger partial charge in [0.1, 0.15) is 11.6 Å². The van der Waals surface area contributed by atoms with Crippen LogP contribution in [-0.2, 0) is 0 Å². The lowest BCUT2D eigenvalue weighted by Gasteiger charge is -2.34. The van der Waals surface area contributed by atoms with Crippen LogP contribution in [0.15, 0.2) is 24.5 Å². The van der Waals surface area contributed by atoms with Crippen LogP contribution in [-0.4, -0.2) is 38.5 Å². The number of hydrogen-bond acceptors (Lipinski definition) is 3. The lowest BCUT2D eigenvalue weighted by Crippen LogP contribution is -2.38. The molecule has 1 saturated heterocycles. The maximum atomic E-state index is 9.50. The highest BCUT2D eigenvalue weighted by molar-refractivity contribution is 5.50. The zero-order valence-electron chi connectivity index (χ0n) is 11.6. The molecule has 1 aliphatic rings. The van der Waals surface area contributed by atoms with Gasteiger partial charge in [0.2, 0.25) is 0 Å². The van der Waals surface area contributed by atoms with Gasteiger partial charge in [-0.25, -0.2) is 4.98 Å². The van der Waals surface area contributed by atoms with Crippen molar-refractivity contribution in [3.8, 4) is 5.75 Å². The lowest BCUT2D eigenvalue weighted by atomic mass is 9.95. The predicted molar refractivity (Wildman–Crippen MR) is 75.5 cm³/mol. The van der Waals surface area contributed by atoms with E-state index in [4.69, 9.17) is 0 Å². The van der Waals surface area contributed by atoms with Crippen molar-refractivity contribution in [1.29, 1.82) is 0 Å². The molecule has 19 heavy (non-hydrogen) atoms. The highest BCUT2D eigenvalue weighted by atomic mass is 16.3. The molecule has 3 heterocycles.